The molecule has 1 heterocycles. The van der Waals surface area contributed by atoms with Crippen LogP contribution in [0.1, 0.15) is 24.4 Å². The largest absolute Gasteiger partial charge is 0.324 e. The van der Waals surface area contributed by atoms with Crippen molar-refractivity contribution in [2.24, 2.45) is 11.7 Å². The molecule has 0 saturated carbocycles. The zero-order valence-corrected chi connectivity index (χ0v) is 12.6. The molecule has 0 radical (unpaired) electrons. The number of rotatable bonds is 6. The highest BCUT2D eigenvalue weighted by atomic mass is 19.1. The maximum atomic E-state index is 13.2. The monoisotopic (exact) mass is 279 g/mol. The van der Waals surface area contributed by atoms with Gasteiger partial charge in [-0.15, -0.1) is 0 Å². The molecule has 0 amide bonds. The number of likely N-dealkylation sites (tertiary alicyclic amines) is 1. The molecule has 2 unspecified atom stereocenters. The van der Waals surface area contributed by atoms with E-state index in [-0.39, 0.29) is 11.9 Å². The van der Waals surface area contributed by atoms with Crippen molar-refractivity contribution in [3.63, 3.8) is 0 Å². The van der Waals surface area contributed by atoms with Crippen molar-refractivity contribution in [1.29, 1.82) is 0 Å². The van der Waals surface area contributed by atoms with E-state index in [9.17, 15) is 4.39 Å². The van der Waals surface area contributed by atoms with Crippen molar-refractivity contribution in [1.82, 2.24) is 9.80 Å². The van der Waals surface area contributed by atoms with E-state index >= 15 is 0 Å². The average molecular weight is 279 g/mol. The smallest absolute Gasteiger partial charge is 0.123 e. The van der Waals surface area contributed by atoms with Crippen LogP contribution in [-0.2, 0) is 0 Å². The average Bonchev–Trinajstić information content (AvgIpc) is 2.81. The summed E-state index contributed by atoms with van der Waals surface area (Å²) < 4.78 is 13.2. The molecule has 112 valence electrons. The van der Waals surface area contributed by atoms with Crippen molar-refractivity contribution in [2.75, 3.05) is 40.3 Å². The molecule has 2 rings (SSSR count). The van der Waals surface area contributed by atoms with Gasteiger partial charge in [-0.25, -0.2) is 4.39 Å². The van der Waals surface area contributed by atoms with E-state index < -0.39 is 0 Å². The molecule has 0 spiro atoms. The van der Waals surface area contributed by atoms with E-state index in [4.69, 9.17) is 5.73 Å². The molecule has 1 aromatic carbocycles. The minimum atomic E-state index is -0.208. The first-order valence-corrected chi connectivity index (χ1v) is 7.42. The number of nitrogens with two attached hydrogens (primary N) is 1. The van der Waals surface area contributed by atoms with Crippen LogP contribution in [0, 0.1) is 11.7 Å². The summed E-state index contributed by atoms with van der Waals surface area (Å²) in [5, 5.41) is 0. The maximum Gasteiger partial charge on any atom is 0.123 e. The van der Waals surface area contributed by atoms with Gasteiger partial charge in [0, 0.05) is 19.1 Å². The summed E-state index contributed by atoms with van der Waals surface area (Å²) in [4.78, 5) is 4.74. The zero-order chi connectivity index (χ0) is 14.5. The Labute approximate surface area is 121 Å². The van der Waals surface area contributed by atoms with Gasteiger partial charge in [0.25, 0.3) is 0 Å². The Kier molecular flexibility index (Phi) is 5.52. The molecular formula is C16H26FN3. The number of benzene rings is 1. The van der Waals surface area contributed by atoms with Crippen molar-refractivity contribution in [3.8, 4) is 0 Å². The predicted molar refractivity (Wildman–Crippen MR) is 81.0 cm³/mol. The van der Waals surface area contributed by atoms with E-state index in [0.29, 0.717) is 0 Å². The highest BCUT2D eigenvalue weighted by molar-refractivity contribution is 5.19. The minimum Gasteiger partial charge on any atom is -0.324 e. The van der Waals surface area contributed by atoms with Gasteiger partial charge in [-0.2, -0.15) is 0 Å². The second-order valence-corrected chi connectivity index (χ2v) is 6.13. The topological polar surface area (TPSA) is 32.5 Å². The molecule has 0 aliphatic carbocycles. The molecule has 1 aliphatic rings. The molecule has 1 saturated heterocycles. The molecule has 4 heteroatoms. The molecular weight excluding hydrogens is 253 g/mol. The van der Waals surface area contributed by atoms with Gasteiger partial charge in [0.05, 0.1) is 0 Å². The quantitative estimate of drug-likeness (QED) is 0.865. The molecule has 3 nitrogen and oxygen atoms in total. The van der Waals surface area contributed by atoms with Gasteiger partial charge >= 0.3 is 0 Å². The van der Waals surface area contributed by atoms with Crippen LogP contribution >= 0.6 is 0 Å². The van der Waals surface area contributed by atoms with Crippen molar-refractivity contribution >= 4 is 0 Å². The molecule has 0 aromatic heterocycles. The predicted octanol–water partition coefficient (Wildman–Crippen LogP) is 2.10. The molecule has 1 aliphatic heterocycles. The Morgan fingerprint density at radius 3 is 2.95 bits per heavy atom. The van der Waals surface area contributed by atoms with Gasteiger partial charge in [-0.1, -0.05) is 12.1 Å². The highest BCUT2D eigenvalue weighted by Gasteiger charge is 2.20. The van der Waals surface area contributed by atoms with Crippen LogP contribution in [0.5, 0.6) is 0 Å². The summed E-state index contributed by atoms with van der Waals surface area (Å²) in [6, 6.07) is 6.54. The van der Waals surface area contributed by atoms with E-state index in [2.05, 4.69) is 23.9 Å². The fourth-order valence-corrected chi connectivity index (χ4v) is 2.97. The summed E-state index contributed by atoms with van der Waals surface area (Å²) in [5.74, 6) is 0.565. The molecule has 1 aromatic rings. The number of nitrogens with zero attached hydrogens (tertiary/aromatic N) is 2. The minimum absolute atomic E-state index is 0.0839. The number of hydrogen-bond donors (Lipinski definition) is 1. The first-order chi connectivity index (χ1) is 9.54. The second kappa shape index (κ2) is 7.16. The van der Waals surface area contributed by atoms with Crippen LogP contribution in [0.15, 0.2) is 24.3 Å². The first kappa shape index (κ1) is 15.4. The first-order valence-electron chi connectivity index (χ1n) is 7.42. The third-order valence-corrected chi connectivity index (χ3v) is 4.16. The molecule has 1 fully saturated rings. The van der Waals surface area contributed by atoms with Gasteiger partial charge in [0.1, 0.15) is 5.82 Å². The fraction of sp³-hybridized carbons (Fsp3) is 0.625. The Bertz CT molecular complexity index is 424. The van der Waals surface area contributed by atoms with Crippen molar-refractivity contribution in [3.05, 3.63) is 35.6 Å². The maximum absolute atomic E-state index is 13.2. The standard InChI is InChI=1S/C16H26FN3/c1-19-8-6-13(11-19)12-20(2)9-7-16(18)14-4-3-5-15(17)10-14/h3-5,10,13,16H,6-9,11-12,18H2,1-2H3. The normalized spacial score (nSPS) is 21.6. The molecule has 20 heavy (non-hydrogen) atoms. The lowest BCUT2D eigenvalue weighted by Crippen LogP contribution is -2.30. The molecule has 2 atom stereocenters. The van der Waals surface area contributed by atoms with Crippen LogP contribution in [0.3, 0.4) is 0 Å². The van der Waals surface area contributed by atoms with E-state index in [1.807, 2.05) is 6.07 Å². The second-order valence-electron chi connectivity index (χ2n) is 6.13. The van der Waals surface area contributed by atoms with Crippen LogP contribution in [0.2, 0.25) is 0 Å². The number of hydrogen-bond acceptors (Lipinski definition) is 3. The summed E-state index contributed by atoms with van der Waals surface area (Å²) in [6.07, 6.45) is 2.15. The van der Waals surface area contributed by atoms with Crippen LogP contribution < -0.4 is 5.73 Å². The third kappa shape index (κ3) is 4.54. The van der Waals surface area contributed by atoms with E-state index in [0.717, 1.165) is 31.0 Å². The lowest BCUT2D eigenvalue weighted by Gasteiger charge is -2.22. The van der Waals surface area contributed by atoms with Gasteiger partial charge in [0.2, 0.25) is 0 Å². The summed E-state index contributed by atoms with van der Waals surface area (Å²) in [6.45, 7) is 4.49. The van der Waals surface area contributed by atoms with Crippen molar-refractivity contribution < 1.29 is 4.39 Å². The lowest BCUT2D eigenvalue weighted by atomic mass is 10.0. The Balaban J connectivity index is 1.74. The van der Waals surface area contributed by atoms with Crippen molar-refractivity contribution in [2.45, 2.75) is 18.9 Å². The van der Waals surface area contributed by atoms with Gasteiger partial charge in [-0.3, -0.25) is 0 Å². The highest BCUT2D eigenvalue weighted by Crippen LogP contribution is 2.18. The Morgan fingerprint density at radius 2 is 2.30 bits per heavy atom. The summed E-state index contributed by atoms with van der Waals surface area (Å²) >= 11 is 0. The Hall–Kier alpha value is -0.970. The lowest BCUT2D eigenvalue weighted by molar-refractivity contribution is 0.265. The van der Waals surface area contributed by atoms with Crippen LogP contribution in [0.25, 0.3) is 0 Å². The fourth-order valence-electron chi connectivity index (χ4n) is 2.97. The van der Waals surface area contributed by atoms with Gasteiger partial charge in [-0.05, 0) is 63.6 Å². The summed E-state index contributed by atoms with van der Waals surface area (Å²) in [7, 11) is 4.33. The SMILES string of the molecule is CN1CCC(CN(C)CCC(N)c2cccc(F)c2)C1. The molecule has 2 N–H and O–H groups in total. The Morgan fingerprint density at radius 1 is 1.50 bits per heavy atom. The summed E-state index contributed by atoms with van der Waals surface area (Å²) in [5.41, 5.74) is 7.03. The van der Waals surface area contributed by atoms with Gasteiger partial charge < -0.3 is 15.5 Å². The van der Waals surface area contributed by atoms with Crippen LogP contribution in [0.4, 0.5) is 4.39 Å². The van der Waals surface area contributed by atoms with Crippen LogP contribution in [-0.4, -0.2) is 50.1 Å². The van der Waals surface area contributed by atoms with Gasteiger partial charge in [0.15, 0.2) is 0 Å². The third-order valence-electron chi connectivity index (χ3n) is 4.16. The number of halogens is 1. The molecule has 0 bridgehead atoms. The zero-order valence-electron chi connectivity index (χ0n) is 12.6. The van der Waals surface area contributed by atoms with E-state index in [1.54, 1.807) is 6.07 Å². The van der Waals surface area contributed by atoms with E-state index in [1.165, 1.54) is 31.6 Å².